The topological polar surface area (TPSA) is 65.7 Å². The van der Waals surface area contributed by atoms with Crippen LogP contribution in [0.2, 0.25) is 0 Å². The van der Waals surface area contributed by atoms with Gasteiger partial charge in [-0.05, 0) is 51.9 Å². The molecule has 2 aliphatic heterocycles. The molecule has 0 aliphatic carbocycles. The lowest BCUT2D eigenvalue weighted by Crippen LogP contribution is -2.43. The number of oxazole rings is 1. The standard InChI is InChI=1S/C19H27N5O2/c1-14-4-5-16-17(20-14)21-19(26-16)24-10-6-15(7-11-24)18(25)23-9-3-8-22(2)12-13-23/h4-5,15H,3,6-13H2,1-2H3. The molecule has 0 radical (unpaired) electrons. The number of hydrogen-bond acceptors (Lipinski definition) is 6. The van der Waals surface area contributed by atoms with Crippen LogP contribution in [0.25, 0.3) is 11.2 Å². The summed E-state index contributed by atoms with van der Waals surface area (Å²) in [7, 11) is 2.13. The second kappa shape index (κ2) is 7.23. The fourth-order valence-electron chi connectivity index (χ4n) is 3.88. The Morgan fingerprint density at radius 1 is 1.08 bits per heavy atom. The summed E-state index contributed by atoms with van der Waals surface area (Å²) >= 11 is 0. The molecule has 4 heterocycles. The number of nitrogens with zero attached hydrogens (tertiary/aromatic N) is 5. The Labute approximate surface area is 154 Å². The summed E-state index contributed by atoms with van der Waals surface area (Å²) in [6.07, 6.45) is 2.78. The fraction of sp³-hybridized carbons (Fsp3) is 0.632. The Morgan fingerprint density at radius 3 is 2.69 bits per heavy atom. The van der Waals surface area contributed by atoms with Crippen molar-refractivity contribution in [2.75, 3.05) is 51.2 Å². The minimum atomic E-state index is 0.124. The Kier molecular flexibility index (Phi) is 4.80. The summed E-state index contributed by atoms with van der Waals surface area (Å²) in [5.41, 5.74) is 2.31. The molecule has 2 aliphatic rings. The van der Waals surface area contributed by atoms with Crippen LogP contribution in [0.1, 0.15) is 25.0 Å². The van der Waals surface area contributed by atoms with Crippen molar-refractivity contribution in [2.45, 2.75) is 26.2 Å². The predicted molar refractivity (Wildman–Crippen MR) is 100 cm³/mol. The maximum atomic E-state index is 12.9. The van der Waals surface area contributed by atoms with Crippen molar-refractivity contribution in [1.29, 1.82) is 0 Å². The predicted octanol–water partition coefficient (Wildman–Crippen LogP) is 1.91. The van der Waals surface area contributed by atoms with Gasteiger partial charge in [0.05, 0.1) is 0 Å². The number of fused-ring (bicyclic) bond motifs is 1. The lowest BCUT2D eigenvalue weighted by Gasteiger charge is -2.33. The van der Waals surface area contributed by atoms with Gasteiger partial charge in [0.15, 0.2) is 5.58 Å². The Hall–Kier alpha value is -2.15. The van der Waals surface area contributed by atoms with Crippen LogP contribution in [0.3, 0.4) is 0 Å². The molecular formula is C19H27N5O2. The summed E-state index contributed by atoms with van der Waals surface area (Å²) in [4.78, 5) is 28.3. The molecule has 0 atom stereocenters. The summed E-state index contributed by atoms with van der Waals surface area (Å²) in [6, 6.07) is 4.47. The van der Waals surface area contributed by atoms with E-state index in [9.17, 15) is 4.79 Å². The Bertz CT molecular complexity index is 781. The normalized spacial score (nSPS) is 20.5. The van der Waals surface area contributed by atoms with Crippen LogP contribution in [0, 0.1) is 12.8 Å². The number of hydrogen-bond donors (Lipinski definition) is 0. The Morgan fingerprint density at radius 2 is 1.88 bits per heavy atom. The first-order valence-electron chi connectivity index (χ1n) is 9.56. The zero-order chi connectivity index (χ0) is 18.1. The molecule has 0 unspecified atom stereocenters. The maximum absolute atomic E-state index is 12.9. The van der Waals surface area contributed by atoms with Gasteiger partial charge in [0.1, 0.15) is 0 Å². The van der Waals surface area contributed by atoms with Gasteiger partial charge in [-0.2, -0.15) is 4.98 Å². The molecule has 2 aromatic rings. The third-order valence-electron chi connectivity index (χ3n) is 5.53. The van der Waals surface area contributed by atoms with Crippen molar-refractivity contribution in [2.24, 2.45) is 5.92 Å². The summed E-state index contributed by atoms with van der Waals surface area (Å²) < 4.78 is 5.85. The van der Waals surface area contributed by atoms with Gasteiger partial charge in [-0.1, -0.05) is 0 Å². The van der Waals surface area contributed by atoms with E-state index in [2.05, 4.69) is 31.7 Å². The highest BCUT2D eigenvalue weighted by molar-refractivity contribution is 5.79. The van der Waals surface area contributed by atoms with E-state index in [1.165, 1.54) is 0 Å². The SMILES string of the molecule is Cc1ccc2oc(N3CCC(C(=O)N4CCCN(C)CC4)CC3)nc2n1. The Balaban J connectivity index is 1.37. The average Bonchev–Trinajstić information content (AvgIpc) is 2.94. The molecule has 4 rings (SSSR count). The van der Waals surface area contributed by atoms with Crippen molar-refractivity contribution in [1.82, 2.24) is 19.8 Å². The van der Waals surface area contributed by atoms with Crippen molar-refractivity contribution in [3.63, 3.8) is 0 Å². The number of piperidine rings is 1. The molecule has 26 heavy (non-hydrogen) atoms. The van der Waals surface area contributed by atoms with Crippen LogP contribution >= 0.6 is 0 Å². The van der Waals surface area contributed by atoms with Gasteiger partial charge < -0.3 is 19.1 Å². The van der Waals surface area contributed by atoms with E-state index >= 15 is 0 Å². The van der Waals surface area contributed by atoms with Gasteiger partial charge in [0, 0.05) is 44.3 Å². The molecule has 7 heteroatoms. The highest BCUT2D eigenvalue weighted by atomic mass is 16.4. The lowest BCUT2D eigenvalue weighted by molar-refractivity contribution is -0.136. The van der Waals surface area contributed by atoms with Gasteiger partial charge in [-0.15, -0.1) is 0 Å². The monoisotopic (exact) mass is 357 g/mol. The molecule has 0 aromatic carbocycles. The number of aromatic nitrogens is 2. The van der Waals surface area contributed by atoms with E-state index in [-0.39, 0.29) is 5.92 Å². The molecule has 0 bridgehead atoms. The molecule has 0 N–H and O–H groups in total. The van der Waals surface area contributed by atoms with Crippen LogP contribution in [0.15, 0.2) is 16.5 Å². The van der Waals surface area contributed by atoms with E-state index in [4.69, 9.17) is 4.42 Å². The maximum Gasteiger partial charge on any atom is 0.299 e. The van der Waals surface area contributed by atoms with E-state index in [0.717, 1.165) is 69.8 Å². The summed E-state index contributed by atoms with van der Waals surface area (Å²) in [5, 5.41) is 0. The van der Waals surface area contributed by atoms with E-state index < -0.39 is 0 Å². The lowest BCUT2D eigenvalue weighted by atomic mass is 9.95. The van der Waals surface area contributed by atoms with Crippen LogP contribution in [-0.2, 0) is 4.79 Å². The van der Waals surface area contributed by atoms with Crippen LogP contribution in [0.5, 0.6) is 0 Å². The molecular weight excluding hydrogens is 330 g/mol. The van der Waals surface area contributed by atoms with Crippen molar-refractivity contribution < 1.29 is 9.21 Å². The van der Waals surface area contributed by atoms with Crippen molar-refractivity contribution in [3.05, 3.63) is 17.8 Å². The minimum Gasteiger partial charge on any atom is -0.422 e. The second-order valence-electron chi connectivity index (χ2n) is 7.51. The smallest absolute Gasteiger partial charge is 0.299 e. The van der Waals surface area contributed by atoms with Gasteiger partial charge in [-0.25, -0.2) is 4.98 Å². The van der Waals surface area contributed by atoms with Crippen LogP contribution < -0.4 is 4.90 Å². The molecule has 7 nitrogen and oxygen atoms in total. The number of pyridine rings is 1. The third kappa shape index (κ3) is 3.53. The molecule has 0 spiro atoms. The van der Waals surface area contributed by atoms with Crippen LogP contribution in [0.4, 0.5) is 6.01 Å². The highest BCUT2D eigenvalue weighted by Gasteiger charge is 2.30. The van der Waals surface area contributed by atoms with E-state index in [1.54, 1.807) is 0 Å². The van der Waals surface area contributed by atoms with Crippen molar-refractivity contribution in [3.8, 4) is 0 Å². The van der Waals surface area contributed by atoms with Gasteiger partial charge in [0.25, 0.3) is 6.01 Å². The molecule has 0 saturated carbocycles. The van der Waals surface area contributed by atoms with Gasteiger partial charge in [-0.3, -0.25) is 4.79 Å². The minimum absolute atomic E-state index is 0.124. The van der Waals surface area contributed by atoms with Crippen LogP contribution in [-0.4, -0.2) is 72.0 Å². The zero-order valence-corrected chi connectivity index (χ0v) is 15.6. The number of rotatable bonds is 2. The summed E-state index contributed by atoms with van der Waals surface area (Å²) in [5.74, 6) is 0.453. The zero-order valence-electron chi connectivity index (χ0n) is 15.6. The average molecular weight is 357 g/mol. The molecule has 2 saturated heterocycles. The number of amides is 1. The quantitative estimate of drug-likeness (QED) is 0.818. The number of carbonyl (C=O) groups is 1. The third-order valence-corrected chi connectivity index (χ3v) is 5.53. The first kappa shape index (κ1) is 17.3. The number of anilines is 1. The van der Waals surface area contributed by atoms with E-state index in [1.807, 2.05) is 19.1 Å². The first-order chi connectivity index (χ1) is 12.6. The highest BCUT2D eigenvalue weighted by Crippen LogP contribution is 2.27. The first-order valence-corrected chi connectivity index (χ1v) is 9.56. The molecule has 1 amide bonds. The van der Waals surface area contributed by atoms with Gasteiger partial charge in [0.2, 0.25) is 11.6 Å². The molecule has 140 valence electrons. The van der Waals surface area contributed by atoms with E-state index in [0.29, 0.717) is 17.6 Å². The number of aryl methyl sites for hydroxylation is 1. The number of carbonyl (C=O) groups excluding carboxylic acids is 1. The summed E-state index contributed by atoms with van der Waals surface area (Å²) in [6.45, 7) is 7.34. The van der Waals surface area contributed by atoms with Gasteiger partial charge >= 0.3 is 0 Å². The molecule has 2 fully saturated rings. The fourth-order valence-corrected chi connectivity index (χ4v) is 3.88. The van der Waals surface area contributed by atoms with Crippen molar-refractivity contribution >= 4 is 23.2 Å². The molecule has 2 aromatic heterocycles. The number of likely N-dealkylation sites (N-methyl/N-ethyl adjacent to an activating group) is 1. The second-order valence-corrected chi connectivity index (χ2v) is 7.51. The largest absolute Gasteiger partial charge is 0.422 e.